The van der Waals surface area contributed by atoms with Gasteiger partial charge in [-0.2, -0.15) is 0 Å². The average molecular weight is 286 g/mol. The number of para-hydroxylation sites is 1. The predicted octanol–water partition coefficient (Wildman–Crippen LogP) is 2.77. The summed E-state index contributed by atoms with van der Waals surface area (Å²) in [5, 5.41) is 3.66. The van der Waals surface area contributed by atoms with E-state index in [0.29, 0.717) is 5.92 Å². The standard InChI is InChI=1S/C18H26N2O/c1-2-6-18-17(5-1)14(9-11-21-18)12-20(16-7-8-16)13-15-4-3-10-19-15/h1-2,5-6,14-16,19H,3-4,7-13H2. The van der Waals surface area contributed by atoms with Gasteiger partial charge in [0.15, 0.2) is 0 Å². The van der Waals surface area contributed by atoms with Gasteiger partial charge in [-0.1, -0.05) is 18.2 Å². The maximum Gasteiger partial charge on any atom is 0.122 e. The minimum Gasteiger partial charge on any atom is -0.493 e. The van der Waals surface area contributed by atoms with Crippen molar-refractivity contribution in [2.75, 3.05) is 26.2 Å². The first-order valence-corrected chi connectivity index (χ1v) is 8.59. The molecule has 1 saturated carbocycles. The Hall–Kier alpha value is -1.06. The molecule has 0 radical (unpaired) electrons. The quantitative estimate of drug-likeness (QED) is 0.901. The summed E-state index contributed by atoms with van der Waals surface area (Å²) >= 11 is 0. The van der Waals surface area contributed by atoms with Crippen molar-refractivity contribution in [3.8, 4) is 5.75 Å². The summed E-state index contributed by atoms with van der Waals surface area (Å²) in [6, 6.07) is 10.2. The van der Waals surface area contributed by atoms with E-state index in [2.05, 4.69) is 34.5 Å². The zero-order valence-corrected chi connectivity index (χ0v) is 12.8. The van der Waals surface area contributed by atoms with Crippen molar-refractivity contribution in [2.45, 2.75) is 50.1 Å². The maximum atomic E-state index is 5.81. The molecule has 3 aliphatic rings. The van der Waals surface area contributed by atoms with Gasteiger partial charge in [-0.3, -0.25) is 4.90 Å². The second kappa shape index (κ2) is 5.98. The van der Waals surface area contributed by atoms with Gasteiger partial charge in [0.05, 0.1) is 6.61 Å². The van der Waals surface area contributed by atoms with E-state index in [9.17, 15) is 0 Å². The number of nitrogens with zero attached hydrogens (tertiary/aromatic N) is 1. The van der Waals surface area contributed by atoms with Gasteiger partial charge in [-0.05, 0) is 50.3 Å². The molecule has 1 aromatic carbocycles. The van der Waals surface area contributed by atoms with Crippen LogP contribution in [0.5, 0.6) is 5.75 Å². The summed E-state index contributed by atoms with van der Waals surface area (Å²) in [6.07, 6.45) is 6.67. The average Bonchev–Trinajstić information content (AvgIpc) is 3.25. The summed E-state index contributed by atoms with van der Waals surface area (Å²) in [5.74, 6) is 1.76. The van der Waals surface area contributed by atoms with Crippen molar-refractivity contribution in [1.29, 1.82) is 0 Å². The highest BCUT2D eigenvalue weighted by atomic mass is 16.5. The fourth-order valence-electron chi connectivity index (χ4n) is 3.90. The molecule has 1 aromatic rings. The molecule has 0 bridgehead atoms. The van der Waals surface area contributed by atoms with Gasteiger partial charge >= 0.3 is 0 Å². The molecule has 0 spiro atoms. The lowest BCUT2D eigenvalue weighted by Crippen LogP contribution is -2.41. The largest absolute Gasteiger partial charge is 0.493 e. The van der Waals surface area contributed by atoms with E-state index in [1.165, 1.54) is 57.3 Å². The lowest BCUT2D eigenvalue weighted by Gasteiger charge is -2.33. The lowest BCUT2D eigenvalue weighted by molar-refractivity contribution is 0.193. The van der Waals surface area contributed by atoms with Crippen molar-refractivity contribution in [3.05, 3.63) is 29.8 Å². The highest BCUT2D eigenvalue weighted by Gasteiger charge is 2.34. The molecule has 1 saturated heterocycles. The molecule has 0 amide bonds. The minimum absolute atomic E-state index is 0.650. The van der Waals surface area contributed by atoms with Crippen LogP contribution in [0.15, 0.2) is 24.3 Å². The van der Waals surface area contributed by atoms with E-state index in [4.69, 9.17) is 4.74 Å². The third-order valence-electron chi connectivity index (χ3n) is 5.22. The second-order valence-corrected chi connectivity index (χ2v) is 6.85. The molecule has 1 aliphatic carbocycles. The van der Waals surface area contributed by atoms with Crippen LogP contribution in [0.25, 0.3) is 0 Å². The van der Waals surface area contributed by atoms with Crippen LogP contribution >= 0.6 is 0 Å². The first-order chi connectivity index (χ1) is 10.4. The van der Waals surface area contributed by atoms with Gasteiger partial charge in [0.2, 0.25) is 0 Å². The topological polar surface area (TPSA) is 24.5 Å². The number of ether oxygens (including phenoxy) is 1. The molecule has 0 aromatic heterocycles. The smallest absolute Gasteiger partial charge is 0.122 e. The van der Waals surface area contributed by atoms with Gasteiger partial charge in [0, 0.05) is 31.1 Å². The van der Waals surface area contributed by atoms with Crippen molar-refractivity contribution >= 4 is 0 Å². The highest BCUT2D eigenvalue weighted by Crippen LogP contribution is 2.36. The van der Waals surface area contributed by atoms with Crippen LogP contribution in [0, 0.1) is 0 Å². The van der Waals surface area contributed by atoms with Crippen LogP contribution < -0.4 is 10.1 Å². The van der Waals surface area contributed by atoms with Crippen molar-refractivity contribution in [3.63, 3.8) is 0 Å². The van der Waals surface area contributed by atoms with E-state index >= 15 is 0 Å². The Morgan fingerprint density at radius 2 is 2.00 bits per heavy atom. The van der Waals surface area contributed by atoms with Crippen molar-refractivity contribution in [2.24, 2.45) is 0 Å². The third kappa shape index (κ3) is 3.09. The Kier molecular flexibility index (Phi) is 3.87. The van der Waals surface area contributed by atoms with Crippen LogP contribution in [-0.2, 0) is 0 Å². The zero-order valence-electron chi connectivity index (χ0n) is 12.8. The van der Waals surface area contributed by atoms with Gasteiger partial charge in [0.25, 0.3) is 0 Å². The zero-order chi connectivity index (χ0) is 14.1. The van der Waals surface area contributed by atoms with Crippen molar-refractivity contribution in [1.82, 2.24) is 10.2 Å². The Morgan fingerprint density at radius 3 is 2.81 bits per heavy atom. The van der Waals surface area contributed by atoms with Gasteiger partial charge in [0.1, 0.15) is 5.75 Å². The highest BCUT2D eigenvalue weighted by molar-refractivity contribution is 5.38. The number of benzene rings is 1. The monoisotopic (exact) mass is 286 g/mol. The molecular weight excluding hydrogens is 260 g/mol. The molecule has 2 aliphatic heterocycles. The summed E-state index contributed by atoms with van der Waals surface area (Å²) < 4.78 is 5.81. The molecule has 2 unspecified atom stereocenters. The van der Waals surface area contributed by atoms with Crippen LogP contribution in [0.3, 0.4) is 0 Å². The molecule has 3 nitrogen and oxygen atoms in total. The van der Waals surface area contributed by atoms with Crippen LogP contribution in [-0.4, -0.2) is 43.2 Å². The van der Waals surface area contributed by atoms with Gasteiger partial charge < -0.3 is 10.1 Å². The van der Waals surface area contributed by atoms with E-state index in [-0.39, 0.29) is 0 Å². The summed E-state index contributed by atoms with van der Waals surface area (Å²) in [7, 11) is 0. The number of rotatable bonds is 5. The first-order valence-electron chi connectivity index (χ1n) is 8.59. The van der Waals surface area contributed by atoms with Gasteiger partial charge in [-0.25, -0.2) is 0 Å². The van der Waals surface area contributed by atoms with E-state index in [1.54, 1.807) is 0 Å². The molecule has 2 atom stereocenters. The normalized spacial score (nSPS) is 28.4. The maximum absolute atomic E-state index is 5.81. The van der Waals surface area contributed by atoms with E-state index in [0.717, 1.165) is 24.4 Å². The number of hydrogen-bond donors (Lipinski definition) is 1. The SMILES string of the molecule is c1ccc2c(c1)OCCC2CN(CC1CCCN1)C1CC1. The van der Waals surface area contributed by atoms with Crippen molar-refractivity contribution < 1.29 is 4.74 Å². The molecule has 21 heavy (non-hydrogen) atoms. The Morgan fingerprint density at radius 1 is 1.10 bits per heavy atom. The predicted molar refractivity (Wildman–Crippen MR) is 84.9 cm³/mol. The molecule has 4 rings (SSSR count). The fraction of sp³-hybridized carbons (Fsp3) is 0.667. The summed E-state index contributed by atoms with van der Waals surface area (Å²) in [5.41, 5.74) is 1.42. The minimum atomic E-state index is 0.650. The number of nitrogens with one attached hydrogen (secondary N) is 1. The molecule has 2 heterocycles. The lowest BCUT2D eigenvalue weighted by atomic mass is 9.92. The second-order valence-electron chi connectivity index (χ2n) is 6.85. The molecule has 114 valence electrons. The number of hydrogen-bond acceptors (Lipinski definition) is 3. The van der Waals surface area contributed by atoms with Crippen LogP contribution in [0.4, 0.5) is 0 Å². The molecule has 2 fully saturated rings. The molecule has 1 N–H and O–H groups in total. The first kappa shape index (κ1) is 13.6. The third-order valence-corrected chi connectivity index (χ3v) is 5.22. The number of fused-ring (bicyclic) bond motifs is 1. The summed E-state index contributed by atoms with van der Waals surface area (Å²) in [4.78, 5) is 2.76. The van der Waals surface area contributed by atoms with Crippen LogP contribution in [0.1, 0.15) is 43.6 Å². The molecular formula is C18H26N2O. The Bertz CT molecular complexity index is 480. The Balaban J connectivity index is 1.45. The Labute approximate surface area is 127 Å². The van der Waals surface area contributed by atoms with E-state index in [1.807, 2.05) is 0 Å². The van der Waals surface area contributed by atoms with Gasteiger partial charge in [-0.15, -0.1) is 0 Å². The van der Waals surface area contributed by atoms with E-state index < -0.39 is 0 Å². The molecule has 3 heteroatoms. The van der Waals surface area contributed by atoms with Crippen LogP contribution in [0.2, 0.25) is 0 Å². The summed E-state index contributed by atoms with van der Waals surface area (Å²) in [6.45, 7) is 4.54. The fourth-order valence-corrected chi connectivity index (χ4v) is 3.90.